The number of amides is 1. The predicted molar refractivity (Wildman–Crippen MR) is 124 cm³/mol. The van der Waals surface area contributed by atoms with Crippen molar-refractivity contribution in [2.45, 2.75) is 44.6 Å². The zero-order valence-corrected chi connectivity index (χ0v) is 19.5. The molecule has 170 valence electrons. The Kier molecular flexibility index (Phi) is 8.58. The second-order valence-corrected chi connectivity index (χ2v) is 9.20. The quantitative estimate of drug-likeness (QED) is 0.266. The third-order valence-electron chi connectivity index (χ3n) is 4.56. The van der Waals surface area contributed by atoms with Crippen LogP contribution in [-0.4, -0.2) is 29.2 Å². The van der Waals surface area contributed by atoms with Crippen molar-refractivity contribution < 1.29 is 23.1 Å². The van der Waals surface area contributed by atoms with Crippen LogP contribution in [0.2, 0.25) is 0 Å². The van der Waals surface area contributed by atoms with E-state index < -0.39 is 17.6 Å². The largest absolute Gasteiger partial charge is 0.466 e. The molecule has 0 saturated heterocycles. The van der Waals surface area contributed by atoms with Gasteiger partial charge in [-0.05, 0) is 55.5 Å². The maximum Gasteiger partial charge on any atom is 0.306 e. The van der Waals surface area contributed by atoms with Crippen LogP contribution in [0.25, 0.3) is 10.2 Å². The van der Waals surface area contributed by atoms with Gasteiger partial charge >= 0.3 is 5.97 Å². The molecule has 1 amide bonds. The molecule has 0 aliphatic heterocycles. The van der Waals surface area contributed by atoms with Gasteiger partial charge in [-0.3, -0.25) is 9.59 Å². The third kappa shape index (κ3) is 6.04. The fourth-order valence-corrected chi connectivity index (χ4v) is 4.77. The number of carbonyl (C=O) groups is 2. The number of hydrogen-bond donors (Lipinski definition) is 0. The number of fused-ring (bicyclic) bond motifs is 1. The molecule has 0 atom stereocenters. The van der Waals surface area contributed by atoms with E-state index in [4.69, 9.17) is 4.74 Å². The van der Waals surface area contributed by atoms with Gasteiger partial charge in [-0.25, -0.2) is 13.8 Å². The molecule has 3 rings (SSSR count). The summed E-state index contributed by atoms with van der Waals surface area (Å²) in [6.07, 6.45) is 0.992. The van der Waals surface area contributed by atoms with Gasteiger partial charge in [0.25, 0.3) is 0 Å². The summed E-state index contributed by atoms with van der Waals surface area (Å²) in [7, 11) is 0. The Bertz CT molecular complexity index is 1090. The zero-order valence-electron chi connectivity index (χ0n) is 17.9. The number of benzene rings is 2. The van der Waals surface area contributed by atoms with E-state index in [0.717, 1.165) is 34.5 Å². The van der Waals surface area contributed by atoms with Crippen LogP contribution < -0.4 is 4.90 Å². The van der Waals surface area contributed by atoms with E-state index in [-0.39, 0.29) is 36.6 Å². The average Bonchev–Trinajstić information content (AvgIpc) is 3.21. The van der Waals surface area contributed by atoms with Gasteiger partial charge in [-0.1, -0.05) is 6.92 Å². The summed E-state index contributed by atoms with van der Waals surface area (Å²) in [5.41, 5.74) is 0.986. The number of nitrogens with zero attached hydrogens (tertiary/aromatic N) is 2. The summed E-state index contributed by atoms with van der Waals surface area (Å²) in [5.74, 6) is -1.60. The van der Waals surface area contributed by atoms with E-state index in [0.29, 0.717) is 16.2 Å². The van der Waals surface area contributed by atoms with Crippen LogP contribution in [0, 0.1) is 11.6 Å². The monoisotopic (exact) mass is 478 g/mol. The van der Waals surface area contributed by atoms with Crippen molar-refractivity contribution in [1.82, 2.24) is 4.98 Å². The van der Waals surface area contributed by atoms with E-state index >= 15 is 0 Å². The Morgan fingerprint density at radius 1 is 1.09 bits per heavy atom. The summed E-state index contributed by atoms with van der Waals surface area (Å²) in [4.78, 5) is 31.7. The summed E-state index contributed by atoms with van der Waals surface area (Å²) in [5, 5.41) is 0.471. The van der Waals surface area contributed by atoms with Gasteiger partial charge in [-0.2, -0.15) is 0 Å². The van der Waals surface area contributed by atoms with Crippen molar-refractivity contribution in [2.24, 2.45) is 0 Å². The molecule has 0 saturated carbocycles. The zero-order chi connectivity index (χ0) is 23.1. The maximum atomic E-state index is 14.1. The van der Waals surface area contributed by atoms with E-state index in [1.807, 2.05) is 24.3 Å². The molecule has 3 aromatic rings. The number of hydrogen-bond acceptors (Lipinski definition) is 6. The average molecular weight is 479 g/mol. The minimum atomic E-state index is -0.941. The number of anilines is 1. The Hall–Kier alpha value is -2.52. The van der Waals surface area contributed by atoms with Crippen molar-refractivity contribution >= 4 is 50.9 Å². The minimum Gasteiger partial charge on any atom is -0.466 e. The summed E-state index contributed by atoms with van der Waals surface area (Å²) in [6, 6.07) is 10.0. The van der Waals surface area contributed by atoms with Gasteiger partial charge in [0.1, 0.15) is 5.01 Å². The molecule has 0 unspecified atom stereocenters. The number of esters is 1. The van der Waals surface area contributed by atoms with Crippen LogP contribution in [0.15, 0.2) is 41.3 Å². The highest BCUT2D eigenvalue weighted by Gasteiger charge is 2.21. The maximum absolute atomic E-state index is 14.1. The van der Waals surface area contributed by atoms with Gasteiger partial charge < -0.3 is 9.64 Å². The number of carbonyl (C=O) groups excluding carboxylic acids is 2. The molecule has 1 heterocycles. The molecule has 2 aromatic carbocycles. The fourth-order valence-electron chi connectivity index (χ4n) is 3.03. The topological polar surface area (TPSA) is 59.5 Å². The van der Waals surface area contributed by atoms with Crippen LogP contribution >= 0.6 is 23.1 Å². The smallest absolute Gasteiger partial charge is 0.306 e. The van der Waals surface area contributed by atoms with Gasteiger partial charge in [0, 0.05) is 17.0 Å². The Labute approximate surface area is 193 Å². The molecular formula is C23H24F2N2O3S2. The highest BCUT2D eigenvalue weighted by molar-refractivity contribution is 7.99. The predicted octanol–water partition coefficient (Wildman–Crippen LogP) is 5.95. The number of halogens is 2. The summed E-state index contributed by atoms with van der Waals surface area (Å²) in [6.45, 7) is 4.15. The van der Waals surface area contributed by atoms with Crippen LogP contribution in [0.3, 0.4) is 0 Å². The standard InChI is InChI=1S/C23H24F2N2O3S2/c1-3-13-31-16-7-5-15(6-8-16)27(20(28)11-12-21(29)30-4-2)14-19-26-18-10-9-17(24)22(25)23(18)32-19/h5-10H,3-4,11-14H2,1-2H3. The van der Waals surface area contributed by atoms with Gasteiger partial charge in [-0.15, -0.1) is 23.1 Å². The van der Waals surface area contributed by atoms with Crippen LogP contribution in [-0.2, 0) is 20.9 Å². The number of thiazole rings is 1. The highest BCUT2D eigenvalue weighted by atomic mass is 32.2. The third-order valence-corrected chi connectivity index (χ3v) is 6.82. The molecule has 0 radical (unpaired) electrons. The molecule has 0 spiro atoms. The molecule has 9 heteroatoms. The number of aromatic nitrogens is 1. The van der Waals surface area contributed by atoms with Crippen molar-refractivity contribution in [3.63, 3.8) is 0 Å². The number of thioether (sulfide) groups is 1. The Morgan fingerprint density at radius 2 is 1.84 bits per heavy atom. The lowest BCUT2D eigenvalue weighted by Crippen LogP contribution is -2.30. The van der Waals surface area contributed by atoms with Gasteiger partial charge in [0.2, 0.25) is 5.91 Å². The molecule has 0 N–H and O–H groups in total. The Balaban J connectivity index is 1.85. The fraction of sp³-hybridized carbons (Fsp3) is 0.348. The second kappa shape index (κ2) is 11.4. The summed E-state index contributed by atoms with van der Waals surface area (Å²) >= 11 is 2.74. The molecule has 1 aromatic heterocycles. The SMILES string of the molecule is CCCSc1ccc(N(Cc2nc3ccc(F)c(F)c3s2)C(=O)CCC(=O)OCC)cc1. The van der Waals surface area contributed by atoms with Crippen molar-refractivity contribution in [1.29, 1.82) is 0 Å². The molecular weight excluding hydrogens is 454 g/mol. The molecule has 0 fully saturated rings. The molecule has 0 bridgehead atoms. The lowest BCUT2D eigenvalue weighted by atomic mass is 10.2. The molecule has 5 nitrogen and oxygen atoms in total. The van der Waals surface area contributed by atoms with E-state index in [9.17, 15) is 18.4 Å². The highest BCUT2D eigenvalue weighted by Crippen LogP contribution is 2.30. The first kappa shape index (κ1) is 24.1. The normalized spacial score (nSPS) is 11.0. The molecule has 0 aliphatic rings. The summed E-state index contributed by atoms with van der Waals surface area (Å²) < 4.78 is 32.7. The van der Waals surface area contributed by atoms with Crippen molar-refractivity contribution in [3.05, 3.63) is 53.0 Å². The van der Waals surface area contributed by atoms with Crippen molar-refractivity contribution in [2.75, 3.05) is 17.3 Å². The van der Waals surface area contributed by atoms with Gasteiger partial charge in [0.05, 0.1) is 29.8 Å². The first-order valence-corrected chi connectivity index (χ1v) is 12.1. The van der Waals surface area contributed by atoms with Crippen LogP contribution in [0.5, 0.6) is 0 Å². The van der Waals surface area contributed by atoms with Crippen LogP contribution in [0.4, 0.5) is 14.5 Å². The van der Waals surface area contributed by atoms with Crippen molar-refractivity contribution in [3.8, 4) is 0 Å². The van der Waals surface area contributed by atoms with E-state index in [1.54, 1.807) is 18.7 Å². The molecule has 0 aliphatic carbocycles. The van der Waals surface area contributed by atoms with E-state index in [2.05, 4.69) is 11.9 Å². The van der Waals surface area contributed by atoms with E-state index in [1.165, 1.54) is 11.0 Å². The number of ether oxygens (including phenoxy) is 1. The first-order valence-electron chi connectivity index (χ1n) is 10.3. The number of rotatable bonds is 10. The lowest BCUT2D eigenvalue weighted by molar-refractivity contribution is -0.144. The second-order valence-electron chi connectivity index (χ2n) is 6.94. The molecule has 32 heavy (non-hydrogen) atoms. The minimum absolute atomic E-state index is 0.0287. The lowest BCUT2D eigenvalue weighted by Gasteiger charge is -2.22. The first-order chi connectivity index (χ1) is 15.4. The van der Waals surface area contributed by atoms with Crippen LogP contribution in [0.1, 0.15) is 38.1 Å². The Morgan fingerprint density at radius 3 is 2.53 bits per heavy atom. The van der Waals surface area contributed by atoms with Gasteiger partial charge in [0.15, 0.2) is 11.6 Å².